The van der Waals surface area contributed by atoms with E-state index in [1.807, 2.05) is 13.1 Å². The van der Waals surface area contributed by atoms with Gasteiger partial charge < -0.3 is 10.0 Å². The Morgan fingerprint density at radius 2 is 2.06 bits per heavy atom. The Balaban J connectivity index is 2.66. The molecule has 0 aliphatic carbocycles. The van der Waals surface area contributed by atoms with Gasteiger partial charge in [-0.2, -0.15) is 0 Å². The van der Waals surface area contributed by atoms with Crippen LogP contribution in [0.5, 0.6) is 0 Å². The molecular weight excluding hydrogens is 245 g/mol. The standard InChI is InChI=1S/C12H17Cl2NO/c1-3-15(2)8-7-11(16)9-5-4-6-10(13)12(9)14/h4-6,11,16H,3,7-8H2,1-2H3. The van der Waals surface area contributed by atoms with E-state index in [1.165, 1.54) is 0 Å². The van der Waals surface area contributed by atoms with Crippen LogP contribution in [0.4, 0.5) is 0 Å². The zero-order valence-corrected chi connectivity index (χ0v) is 11.1. The van der Waals surface area contributed by atoms with Gasteiger partial charge in [-0.15, -0.1) is 0 Å². The molecule has 16 heavy (non-hydrogen) atoms. The van der Waals surface area contributed by atoms with Crippen molar-refractivity contribution in [2.45, 2.75) is 19.4 Å². The Morgan fingerprint density at radius 3 is 2.69 bits per heavy atom. The first kappa shape index (κ1) is 13.8. The monoisotopic (exact) mass is 261 g/mol. The lowest BCUT2D eigenvalue weighted by atomic mass is 10.1. The van der Waals surface area contributed by atoms with Crippen LogP contribution in [-0.4, -0.2) is 30.1 Å². The van der Waals surface area contributed by atoms with Crippen LogP contribution in [0.3, 0.4) is 0 Å². The van der Waals surface area contributed by atoms with E-state index in [2.05, 4.69) is 11.8 Å². The van der Waals surface area contributed by atoms with Crippen LogP contribution in [0.25, 0.3) is 0 Å². The Bertz CT molecular complexity index is 344. The van der Waals surface area contributed by atoms with Crippen molar-refractivity contribution in [2.75, 3.05) is 20.1 Å². The Kier molecular flexibility index (Phi) is 5.56. The molecule has 0 aromatic heterocycles. The predicted molar refractivity (Wildman–Crippen MR) is 69.2 cm³/mol. The SMILES string of the molecule is CCN(C)CCC(O)c1cccc(Cl)c1Cl. The molecule has 1 unspecified atom stereocenters. The molecule has 2 nitrogen and oxygen atoms in total. The fourth-order valence-corrected chi connectivity index (χ4v) is 1.87. The molecule has 0 aliphatic heterocycles. The van der Waals surface area contributed by atoms with E-state index in [1.54, 1.807) is 12.1 Å². The van der Waals surface area contributed by atoms with Gasteiger partial charge in [-0.3, -0.25) is 0 Å². The number of aliphatic hydroxyl groups excluding tert-OH is 1. The van der Waals surface area contributed by atoms with E-state index in [0.717, 1.165) is 13.1 Å². The molecule has 0 radical (unpaired) electrons. The highest BCUT2D eigenvalue weighted by Crippen LogP contribution is 2.31. The van der Waals surface area contributed by atoms with Gasteiger partial charge >= 0.3 is 0 Å². The van der Waals surface area contributed by atoms with Gasteiger partial charge in [0, 0.05) is 12.1 Å². The number of hydrogen-bond donors (Lipinski definition) is 1. The van der Waals surface area contributed by atoms with Gasteiger partial charge in [-0.1, -0.05) is 42.3 Å². The topological polar surface area (TPSA) is 23.5 Å². The quantitative estimate of drug-likeness (QED) is 0.879. The second-order valence-electron chi connectivity index (χ2n) is 3.84. The molecule has 0 bridgehead atoms. The van der Waals surface area contributed by atoms with Gasteiger partial charge in [0.1, 0.15) is 0 Å². The van der Waals surface area contributed by atoms with Crippen LogP contribution in [0.15, 0.2) is 18.2 Å². The molecule has 1 N–H and O–H groups in total. The lowest BCUT2D eigenvalue weighted by Crippen LogP contribution is -2.20. The van der Waals surface area contributed by atoms with E-state index >= 15 is 0 Å². The fraction of sp³-hybridized carbons (Fsp3) is 0.500. The second-order valence-corrected chi connectivity index (χ2v) is 4.63. The maximum atomic E-state index is 10.0. The van der Waals surface area contributed by atoms with Crippen LogP contribution in [0.1, 0.15) is 25.0 Å². The van der Waals surface area contributed by atoms with Crippen LogP contribution in [0.2, 0.25) is 10.0 Å². The summed E-state index contributed by atoms with van der Waals surface area (Å²) in [6.45, 7) is 3.88. The molecule has 1 rings (SSSR count). The van der Waals surface area contributed by atoms with E-state index in [4.69, 9.17) is 23.2 Å². The lowest BCUT2D eigenvalue weighted by molar-refractivity contribution is 0.150. The van der Waals surface area contributed by atoms with E-state index in [9.17, 15) is 5.11 Å². The zero-order valence-electron chi connectivity index (χ0n) is 9.58. The van der Waals surface area contributed by atoms with Crippen molar-refractivity contribution in [3.8, 4) is 0 Å². The first-order valence-corrected chi connectivity index (χ1v) is 6.12. The van der Waals surface area contributed by atoms with Crippen LogP contribution < -0.4 is 0 Å². The smallest absolute Gasteiger partial charge is 0.0817 e. The van der Waals surface area contributed by atoms with Crippen molar-refractivity contribution >= 4 is 23.2 Å². The average Bonchev–Trinajstić information content (AvgIpc) is 2.29. The van der Waals surface area contributed by atoms with Crippen molar-refractivity contribution in [1.82, 2.24) is 4.90 Å². The van der Waals surface area contributed by atoms with Crippen molar-refractivity contribution in [3.63, 3.8) is 0 Å². The molecule has 1 aromatic rings. The number of benzene rings is 1. The fourth-order valence-electron chi connectivity index (χ4n) is 1.43. The predicted octanol–water partition coefficient (Wildman–Crippen LogP) is 3.37. The Hall–Kier alpha value is -0.280. The zero-order chi connectivity index (χ0) is 12.1. The van der Waals surface area contributed by atoms with Crippen molar-refractivity contribution in [1.29, 1.82) is 0 Å². The van der Waals surface area contributed by atoms with Gasteiger partial charge in [0.15, 0.2) is 0 Å². The minimum absolute atomic E-state index is 0.454. The average molecular weight is 262 g/mol. The molecule has 0 amide bonds. The van der Waals surface area contributed by atoms with Crippen LogP contribution in [-0.2, 0) is 0 Å². The Morgan fingerprint density at radius 1 is 1.38 bits per heavy atom. The summed E-state index contributed by atoms with van der Waals surface area (Å²) in [7, 11) is 2.02. The summed E-state index contributed by atoms with van der Waals surface area (Å²) >= 11 is 11.9. The molecule has 0 spiro atoms. The highest BCUT2D eigenvalue weighted by atomic mass is 35.5. The molecule has 1 atom stereocenters. The molecule has 4 heteroatoms. The number of halogens is 2. The molecule has 0 aliphatic rings. The van der Waals surface area contributed by atoms with Crippen molar-refractivity contribution in [2.24, 2.45) is 0 Å². The molecule has 0 saturated heterocycles. The molecule has 0 heterocycles. The van der Waals surface area contributed by atoms with Crippen molar-refractivity contribution < 1.29 is 5.11 Å². The Labute approximate surface area is 107 Å². The largest absolute Gasteiger partial charge is 0.388 e. The second kappa shape index (κ2) is 6.45. The van der Waals surface area contributed by atoms with Gasteiger partial charge in [0.25, 0.3) is 0 Å². The third-order valence-corrected chi connectivity index (χ3v) is 3.50. The number of rotatable bonds is 5. The lowest BCUT2D eigenvalue weighted by Gasteiger charge is -2.18. The summed E-state index contributed by atoms with van der Waals surface area (Å²) < 4.78 is 0. The molecule has 1 aromatic carbocycles. The normalized spacial score (nSPS) is 13.1. The van der Waals surface area contributed by atoms with Gasteiger partial charge in [0.05, 0.1) is 16.1 Å². The summed E-state index contributed by atoms with van der Waals surface area (Å²) in [6.07, 6.45) is 0.102. The van der Waals surface area contributed by atoms with Gasteiger partial charge in [0.2, 0.25) is 0 Å². The number of nitrogens with zero attached hydrogens (tertiary/aromatic N) is 1. The molecule has 90 valence electrons. The summed E-state index contributed by atoms with van der Waals surface area (Å²) in [4.78, 5) is 2.14. The minimum atomic E-state index is -0.555. The summed E-state index contributed by atoms with van der Waals surface area (Å²) in [6, 6.07) is 5.33. The molecular formula is C12H17Cl2NO. The minimum Gasteiger partial charge on any atom is -0.388 e. The third-order valence-electron chi connectivity index (χ3n) is 2.66. The van der Waals surface area contributed by atoms with E-state index in [-0.39, 0.29) is 0 Å². The van der Waals surface area contributed by atoms with Gasteiger partial charge in [-0.25, -0.2) is 0 Å². The van der Waals surface area contributed by atoms with E-state index < -0.39 is 6.10 Å². The van der Waals surface area contributed by atoms with Crippen LogP contribution in [0, 0.1) is 0 Å². The summed E-state index contributed by atoms with van der Waals surface area (Å²) in [5.74, 6) is 0. The number of hydrogen-bond acceptors (Lipinski definition) is 2. The van der Waals surface area contributed by atoms with Crippen molar-refractivity contribution in [3.05, 3.63) is 33.8 Å². The molecule has 0 saturated carbocycles. The first-order valence-electron chi connectivity index (χ1n) is 5.36. The number of aliphatic hydroxyl groups is 1. The van der Waals surface area contributed by atoms with Crippen LogP contribution >= 0.6 is 23.2 Å². The first-order chi connectivity index (χ1) is 7.56. The molecule has 0 fully saturated rings. The van der Waals surface area contributed by atoms with E-state index in [0.29, 0.717) is 22.0 Å². The highest BCUT2D eigenvalue weighted by molar-refractivity contribution is 6.42. The maximum absolute atomic E-state index is 10.0. The third kappa shape index (κ3) is 3.63. The summed E-state index contributed by atoms with van der Waals surface area (Å²) in [5, 5.41) is 10.9. The highest BCUT2D eigenvalue weighted by Gasteiger charge is 2.13. The summed E-state index contributed by atoms with van der Waals surface area (Å²) in [5.41, 5.74) is 0.707. The maximum Gasteiger partial charge on any atom is 0.0817 e. The van der Waals surface area contributed by atoms with Gasteiger partial charge in [-0.05, 0) is 26.1 Å².